The van der Waals surface area contributed by atoms with Crippen molar-refractivity contribution >= 4 is 31.4 Å². The molecular weight excluding hydrogens is 435 g/mol. The molecule has 0 aliphatic rings. The normalized spacial score (nSPS) is 11.7. The maximum Gasteiger partial charge on any atom is 0.262 e. The lowest BCUT2D eigenvalue weighted by atomic mass is 10.3. The SMILES string of the molecule is COc1ccccc1NS(=O)(=O)c1ccc(O)c(NS(=O)(=O)c2ccc(F)cc2)c1. The smallest absolute Gasteiger partial charge is 0.262 e. The minimum Gasteiger partial charge on any atom is -0.506 e. The summed E-state index contributed by atoms with van der Waals surface area (Å²) in [5.74, 6) is -0.818. The van der Waals surface area contributed by atoms with Crippen molar-refractivity contribution in [2.24, 2.45) is 0 Å². The summed E-state index contributed by atoms with van der Waals surface area (Å²) < 4.78 is 73.0. The lowest BCUT2D eigenvalue weighted by molar-refractivity contribution is 0.417. The zero-order valence-corrected chi connectivity index (χ0v) is 17.2. The van der Waals surface area contributed by atoms with Crippen LogP contribution in [-0.2, 0) is 20.0 Å². The van der Waals surface area contributed by atoms with Crippen LogP contribution in [0.4, 0.5) is 15.8 Å². The molecule has 3 rings (SSSR count). The van der Waals surface area contributed by atoms with Crippen molar-refractivity contribution in [3.05, 3.63) is 72.5 Å². The summed E-state index contributed by atoms with van der Waals surface area (Å²) in [5.41, 5.74) is -0.177. The zero-order valence-electron chi connectivity index (χ0n) is 15.5. The number of anilines is 2. The van der Waals surface area contributed by atoms with E-state index in [1.165, 1.54) is 13.2 Å². The first-order valence-electron chi connectivity index (χ1n) is 8.39. The van der Waals surface area contributed by atoms with E-state index in [1.807, 2.05) is 0 Å². The van der Waals surface area contributed by atoms with Crippen molar-refractivity contribution in [2.45, 2.75) is 9.79 Å². The molecule has 0 unspecified atom stereocenters. The Morgan fingerprint density at radius 3 is 2.03 bits per heavy atom. The minimum atomic E-state index is -4.20. The number of benzene rings is 3. The first-order valence-corrected chi connectivity index (χ1v) is 11.4. The second-order valence-electron chi connectivity index (χ2n) is 6.04. The molecule has 0 saturated carbocycles. The predicted octanol–water partition coefficient (Wildman–Crippen LogP) is 3.14. The summed E-state index contributed by atoms with van der Waals surface area (Å²) in [6.45, 7) is 0. The Hall–Kier alpha value is -3.31. The van der Waals surface area contributed by atoms with Crippen LogP contribution >= 0.6 is 0 Å². The van der Waals surface area contributed by atoms with Gasteiger partial charge in [0.15, 0.2) is 0 Å². The molecule has 0 aliphatic heterocycles. The molecule has 0 aromatic heterocycles. The van der Waals surface area contributed by atoms with Gasteiger partial charge in [0.25, 0.3) is 20.0 Å². The van der Waals surface area contributed by atoms with Gasteiger partial charge in [-0.05, 0) is 54.6 Å². The number of ether oxygens (including phenoxy) is 1. The molecule has 0 atom stereocenters. The highest BCUT2D eigenvalue weighted by molar-refractivity contribution is 7.93. The van der Waals surface area contributed by atoms with Gasteiger partial charge in [-0.1, -0.05) is 12.1 Å². The second-order valence-corrected chi connectivity index (χ2v) is 9.41. The lowest BCUT2D eigenvalue weighted by Gasteiger charge is -2.14. The van der Waals surface area contributed by atoms with Gasteiger partial charge >= 0.3 is 0 Å². The summed E-state index contributed by atoms with van der Waals surface area (Å²) in [6, 6.07) is 13.5. The van der Waals surface area contributed by atoms with Crippen molar-refractivity contribution in [3.8, 4) is 11.5 Å². The highest BCUT2D eigenvalue weighted by Crippen LogP contribution is 2.31. The van der Waals surface area contributed by atoms with Crippen molar-refractivity contribution in [3.63, 3.8) is 0 Å². The monoisotopic (exact) mass is 452 g/mol. The maximum absolute atomic E-state index is 13.0. The van der Waals surface area contributed by atoms with E-state index in [-0.39, 0.29) is 26.9 Å². The van der Waals surface area contributed by atoms with Gasteiger partial charge in [0.05, 0.1) is 28.3 Å². The first-order chi connectivity index (χ1) is 14.1. The average Bonchev–Trinajstić information content (AvgIpc) is 2.70. The molecule has 0 aliphatic carbocycles. The third-order valence-corrected chi connectivity index (χ3v) is 6.74. The van der Waals surface area contributed by atoms with Crippen molar-refractivity contribution in [1.29, 1.82) is 0 Å². The number of hydrogen-bond acceptors (Lipinski definition) is 6. The van der Waals surface area contributed by atoms with E-state index in [0.717, 1.165) is 42.5 Å². The van der Waals surface area contributed by atoms with Crippen LogP contribution in [-0.4, -0.2) is 29.1 Å². The Bertz CT molecular complexity index is 1280. The van der Waals surface area contributed by atoms with Crippen LogP contribution in [0.25, 0.3) is 0 Å². The molecule has 3 aromatic carbocycles. The van der Waals surface area contributed by atoms with E-state index in [2.05, 4.69) is 9.44 Å². The molecule has 0 bridgehead atoms. The molecular formula is C19H17FN2O6S2. The third-order valence-electron chi connectivity index (χ3n) is 4.00. The molecule has 0 spiro atoms. The van der Waals surface area contributed by atoms with Gasteiger partial charge in [0, 0.05) is 0 Å². The van der Waals surface area contributed by atoms with Crippen LogP contribution < -0.4 is 14.2 Å². The maximum atomic E-state index is 13.0. The topological polar surface area (TPSA) is 122 Å². The minimum absolute atomic E-state index is 0.182. The molecule has 0 fully saturated rings. The van der Waals surface area contributed by atoms with Crippen molar-refractivity contribution in [2.75, 3.05) is 16.6 Å². The first kappa shape index (κ1) is 21.4. The molecule has 0 heterocycles. The number of nitrogens with one attached hydrogen (secondary N) is 2. The number of phenolic OH excluding ortho intramolecular Hbond substituents is 1. The summed E-state index contributed by atoms with van der Waals surface area (Å²) in [4.78, 5) is -0.563. The van der Waals surface area contributed by atoms with Gasteiger partial charge in [0.2, 0.25) is 0 Å². The molecule has 3 aromatic rings. The van der Waals surface area contributed by atoms with E-state index in [9.17, 15) is 26.3 Å². The highest BCUT2D eigenvalue weighted by Gasteiger charge is 2.21. The lowest BCUT2D eigenvalue weighted by Crippen LogP contribution is -2.16. The summed E-state index contributed by atoms with van der Waals surface area (Å²) in [5, 5.41) is 10.0. The van der Waals surface area contributed by atoms with E-state index in [0.29, 0.717) is 0 Å². The number of phenols is 1. The zero-order chi connectivity index (χ0) is 21.9. The average molecular weight is 452 g/mol. The van der Waals surface area contributed by atoms with Gasteiger partial charge in [-0.2, -0.15) is 0 Å². The van der Waals surface area contributed by atoms with Crippen LogP contribution in [0.1, 0.15) is 0 Å². The highest BCUT2D eigenvalue weighted by atomic mass is 32.2. The third kappa shape index (κ3) is 4.63. The summed E-state index contributed by atoms with van der Waals surface area (Å²) >= 11 is 0. The fourth-order valence-electron chi connectivity index (χ4n) is 2.51. The number of para-hydroxylation sites is 2. The van der Waals surface area contributed by atoms with E-state index in [4.69, 9.17) is 4.74 Å². The molecule has 8 nitrogen and oxygen atoms in total. The van der Waals surface area contributed by atoms with Gasteiger partial charge < -0.3 is 9.84 Å². The van der Waals surface area contributed by atoms with E-state index >= 15 is 0 Å². The number of sulfonamides is 2. The summed E-state index contributed by atoms with van der Waals surface area (Å²) in [6.07, 6.45) is 0. The van der Waals surface area contributed by atoms with E-state index in [1.54, 1.807) is 18.2 Å². The number of methoxy groups -OCH3 is 1. The Kier molecular flexibility index (Phi) is 5.85. The molecule has 158 valence electrons. The molecule has 11 heteroatoms. The number of rotatable bonds is 7. The van der Waals surface area contributed by atoms with Gasteiger partial charge in [-0.25, -0.2) is 21.2 Å². The Morgan fingerprint density at radius 2 is 1.37 bits per heavy atom. The number of aromatic hydroxyl groups is 1. The predicted molar refractivity (Wildman–Crippen MR) is 109 cm³/mol. The fourth-order valence-corrected chi connectivity index (χ4v) is 4.68. The standard InChI is InChI=1S/C19H17FN2O6S2/c1-28-19-5-3-2-4-16(19)21-30(26,27)15-10-11-18(23)17(12-15)22-29(24,25)14-8-6-13(20)7-9-14/h2-12,21-23H,1H3. The Morgan fingerprint density at radius 1 is 0.800 bits per heavy atom. The molecule has 30 heavy (non-hydrogen) atoms. The number of halogens is 1. The van der Waals surface area contributed by atoms with E-state index < -0.39 is 31.6 Å². The van der Waals surface area contributed by atoms with Gasteiger partial charge in [0.1, 0.15) is 17.3 Å². The molecule has 3 N–H and O–H groups in total. The van der Waals surface area contributed by atoms with Crippen LogP contribution in [0.2, 0.25) is 0 Å². The summed E-state index contributed by atoms with van der Waals surface area (Å²) in [7, 11) is -6.95. The van der Waals surface area contributed by atoms with Crippen LogP contribution in [0.15, 0.2) is 76.5 Å². The fraction of sp³-hybridized carbons (Fsp3) is 0.0526. The van der Waals surface area contributed by atoms with Gasteiger partial charge in [-0.3, -0.25) is 9.44 Å². The molecule has 0 saturated heterocycles. The molecule has 0 radical (unpaired) electrons. The van der Waals surface area contributed by atoms with Crippen LogP contribution in [0.5, 0.6) is 11.5 Å². The van der Waals surface area contributed by atoms with Crippen LogP contribution in [0, 0.1) is 5.82 Å². The van der Waals surface area contributed by atoms with Crippen LogP contribution in [0.3, 0.4) is 0 Å². The quantitative estimate of drug-likeness (QED) is 0.474. The van der Waals surface area contributed by atoms with Gasteiger partial charge in [-0.15, -0.1) is 0 Å². The largest absolute Gasteiger partial charge is 0.506 e. The molecule has 0 amide bonds. The number of hydrogen-bond donors (Lipinski definition) is 3. The Labute approximate surface area is 173 Å². The van der Waals surface area contributed by atoms with Crippen molar-refractivity contribution in [1.82, 2.24) is 0 Å². The Balaban J connectivity index is 1.93. The van der Waals surface area contributed by atoms with Crippen molar-refractivity contribution < 1.29 is 31.1 Å². The second kappa shape index (κ2) is 8.20.